The molecular formula is C7H11N3OS2. The minimum absolute atomic E-state index is 0.00584. The first kappa shape index (κ1) is 10.5. The van der Waals surface area contributed by atoms with Gasteiger partial charge in [0.1, 0.15) is 0 Å². The number of aromatic nitrogens is 2. The van der Waals surface area contributed by atoms with Gasteiger partial charge in [0, 0.05) is 6.42 Å². The van der Waals surface area contributed by atoms with E-state index in [9.17, 15) is 4.79 Å². The highest BCUT2D eigenvalue weighted by Crippen LogP contribution is 2.22. The molecule has 0 saturated carbocycles. The summed E-state index contributed by atoms with van der Waals surface area (Å²) in [6.45, 7) is 1.97. The van der Waals surface area contributed by atoms with Crippen LogP contribution < -0.4 is 5.32 Å². The van der Waals surface area contributed by atoms with Gasteiger partial charge in [0.15, 0.2) is 4.34 Å². The molecule has 0 unspecified atom stereocenters. The summed E-state index contributed by atoms with van der Waals surface area (Å²) in [4.78, 5) is 11.1. The number of thioether (sulfide) groups is 1. The zero-order valence-corrected chi connectivity index (χ0v) is 9.17. The summed E-state index contributed by atoms with van der Waals surface area (Å²) in [5, 5.41) is 11.0. The van der Waals surface area contributed by atoms with Crippen molar-refractivity contribution in [1.29, 1.82) is 0 Å². The van der Waals surface area contributed by atoms with E-state index < -0.39 is 0 Å². The van der Waals surface area contributed by atoms with Gasteiger partial charge in [0.25, 0.3) is 0 Å². The van der Waals surface area contributed by atoms with Crippen molar-refractivity contribution in [2.75, 3.05) is 11.6 Å². The normalized spacial score (nSPS) is 10.0. The largest absolute Gasteiger partial charge is 0.301 e. The van der Waals surface area contributed by atoms with E-state index in [0.717, 1.165) is 10.8 Å². The lowest BCUT2D eigenvalue weighted by Crippen LogP contribution is -2.10. The van der Waals surface area contributed by atoms with Crippen LogP contribution in [0.25, 0.3) is 0 Å². The van der Waals surface area contributed by atoms with Crippen LogP contribution in [0.3, 0.4) is 0 Å². The first-order valence-electron chi connectivity index (χ1n) is 3.93. The predicted molar refractivity (Wildman–Crippen MR) is 55.2 cm³/mol. The third-order valence-corrected chi connectivity index (χ3v) is 3.12. The van der Waals surface area contributed by atoms with Crippen LogP contribution in [0, 0.1) is 0 Å². The molecule has 4 nitrogen and oxygen atoms in total. The standard InChI is InChI=1S/C7H11N3OS2/c1-3-4-5(11)8-6-9-10-7(12-2)13-6/h3-4H2,1-2H3,(H,8,9,11). The van der Waals surface area contributed by atoms with Crippen molar-refractivity contribution in [2.45, 2.75) is 24.1 Å². The van der Waals surface area contributed by atoms with Gasteiger partial charge in [-0.1, -0.05) is 30.0 Å². The van der Waals surface area contributed by atoms with Gasteiger partial charge in [-0.3, -0.25) is 4.79 Å². The Balaban J connectivity index is 2.49. The van der Waals surface area contributed by atoms with E-state index in [4.69, 9.17) is 0 Å². The summed E-state index contributed by atoms with van der Waals surface area (Å²) in [5.74, 6) is 0.00584. The number of rotatable bonds is 4. The van der Waals surface area contributed by atoms with Crippen LogP contribution >= 0.6 is 23.1 Å². The molecule has 0 bridgehead atoms. The number of nitrogens with one attached hydrogen (secondary N) is 1. The van der Waals surface area contributed by atoms with Gasteiger partial charge in [0.2, 0.25) is 11.0 Å². The fraction of sp³-hybridized carbons (Fsp3) is 0.571. The first-order chi connectivity index (χ1) is 6.26. The maximum atomic E-state index is 11.1. The van der Waals surface area contributed by atoms with Crippen molar-refractivity contribution in [2.24, 2.45) is 0 Å². The topological polar surface area (TPSA) is 54.9 Å². The fourth-order valence-electron chi connectivity index (χ4n) is 0.752. The molecule has 1 N–H and O–H groups in total. The van der Waals surface area contributed by atoms with Crippen molar-refractivity contribution in [3.8, 4) is 0 Å². The second-order valence-corrected chi connectivity index (χ2v) is 4.41. The molecule has 1 aromatic heterocycles. The summed E-state index contributed by atoms with van der Waals surface area (Å²) in [5.41, 5.74) is 0. The van der Waals surface area contributed by atoms with Gasteiger partial charge in [-0.15, -0.1) is 10.2 Å². The number of carbonyl (C=O) groups excluding carboxylic acids is 1. The summed E-state index contributed by atoms with van der Waals surface area (Å²) in [7, 11) is 0. The second-order valence-electron chi connectivity index (χ2n) is 2.38. The molecule has 1 amide bonds. The van der Waals surface area contributed by atoms with Gasteiger partial charge < -0.3 is 5.32 Å². The maximum absolute atomic E-state index is 11.1. The molecule has 0 spiro atoms. The average Bonchev–Trinajstić information content (AvgIpc) is 2.52. The van der Waals surface area contributed by atoms with Crippen molar-refractivity contribution in [1.82, 2.24) is 10.2 Å². The molecule has 0 radical (unpaired) electrons. The molecule has 0 saturated heterocycles. The number of amides is 1. The van der Waals surface area contributed by atoms with Crippen LogP contribution in [0.5, 0.6) is 0 Å². The van der Waals surface area contributed by atoms with Gasteiger partial charge in [0.05, 0.1) is 0 Å². The van der Waals surface area contributed by atoms with E-state index in [0.29, 0.717) is 11.6 Å². The Labute approximate surface area is 85.1 Å². The highest BCUT2D eigenvalue weighted by Gasteiger charge is 2.05. The van der Waals surface area contributed by atoms with E-state index in [-0.39, 0.29) is 5.91 Å². The molecule has 1 rings (SSSR count). The molecular weight excluding hydrogens is 206 g/mol. The van der Waals surface area contributed by atoms with Gasteiger partial charge in [-0.25, -0.2) is 0 Å². The zero-order valence-electron chi connectivity index (χ0n) is 7.53. The Bertz CT molecular complexity index is 287. The summed E-state index contributed by atoms with van der Waals surface area (Å²) in [6, 6.07) is 0. The lowest BCUT2D eigenvalue weighted by Gasteiger charge is -1.96. The third kappa shape index (κ3) is 3.31. The monoisotopic (exact) mass is 217 g/mol. The maximum Gasteiger partial charge on any atom is 0.226 e. The molecule has 0 aromatic carbocycles. The molecule has 0 atom stereocenters. The van der Waals surface area contributed by atoms with Crippen molar-refractivity contribution in [3.05, 3.63) is 0 Å². The Morgan fingerprint density at radius 3 is 2.92 bits per heavy atom. The lowest BCUT2D eigenvalue weighted by molar-refractivity contribution is -0.116. The van der Waals surface area contributed by atoms with Crippen LogP contribution in [-0.2, 0) is 4.79 Å². The highest BCUT2D eigenvalue weighted by molar-refractivity contribution is 8.00. The number of carbonyl (C=O) groups is 1. The SMILES string of the molecule is CCCC(=O)Nc1nnc(SC)s1. The molecule has 0 aliphatic carbocycles. The number of hydrogen-bond donors (Lipinski definition) is 1. The number of hydrogen-bond acceptors (Lipinski definition) is 5. The van der Waals surface area contributed by atoms with E-state index in [2.05, 4.69) is 15.5 Å². The lowest BCUT2D eigenvalue weighted by atomic mass is 10.3. The Morgan fingerprint density at radius 2 is 2.38 bits per heavy atom. The van der Waals surface area contributed by atoms with E-state index in [1.165, 1.54) is 23.1 Å². The molecule has 1 heterocycles. The fourth-order valence-corrected chi connectivity index (χ4v) is 1.94. The van der Waals surface area contributed by atoms with Crippen molar-refractivity contribution in [3.63, 3.8) is 0 Å². The van der Waals surface area contributed by atoms with Crippen LogP contribution in [-0.4, -0.2) is 22.4 Å². The van der Waals surface area contributed by atoms with E-state index in [1.54, 1.807) is 0 Å². The Morgan fingerprint density at radius 1 is 1.62 bits per heavy atom. The molecule has 72 valence electrons. The molecule has 0 aliphatic heterocycles. The minimum Gasteiger partial charge on any atom is -0.301 e. The van der Waals surface area contributed by atoms with E-state index in [1.807, 2.05) is 13.2 Å². The highest BCUT2D eigenvalue weighted by atomic mass is 32.2. The van der Waals surface area contributed by atoms with Gasteiger partial charge in [-0.05, 0) is 12.7 Å². The number of nitrogens with zero attached hydrogens (tertiary/aromatic N) is 2. The minimum atomic E-state index is 0.00584. The molecule has 0 fully saturated rings. The second kappa shape index (κ2) is 5.18. The van der Waals surface area contributed by atoms with Gasteiger partial charge in [-0.2, -0.15) is 0 Å². The van der Waals surface area contributed by atoms with Crippen molar-refractivity contribution >= 4 is 34.1 Å². The third-order valence-electron chi connectivity index (χ3n) is 1.30. The van der Waals surface area contributed by atoms with Crippen LogP contribution in [0.1, 0.15) is 19.8 Å². The average molecular weight is 217 g/mol. The Kier molecular flexibility index (Phi) is 4.17. The summed E-state index contributed by atoms with van der Waals surface area (Å²) in [6.07, 6.45) is 3.31. The molecule has 13 heavy (non-hydrogen) atoms. The van der Waals surface area contributed by atoms with Crippen molar-refractivity contribution < 1.29 is 4.79 Å². The molecule has 6 heteroatoms. The van der Waals surface area contributed by atoms with Gasteiger partial charge >= 0.3 is 0 Å². The predicted octanol–water partition coefficient (Wildman–Crippen LogP) is 2.00. The van der Waals surface area contributed by atoms with Crippen LogP contribution in [0.2, 0.25) is 0 Å². The van der Waals surface area contributed by atoms with Crippen LogP contribution in [0.15, 0.2) is 4.34 Å². The summed E-state index contributed by atoms with van der Waals surface area (Å²) < 4.78 is 0.867. The first-order valence-corrected chi connectivity index (χ1v) is 5.97. The van der Waals surface area contributed by atoms with Crippen LogP contribution in [0.4, 0.5) is 5.13 Å². The number of anilines is 1. The smallest absolute Gasteiger partial charge is 0.226 e. The zero-order chi connectivity index (χ0) is 9.68. The quantitative estimate of drug-likeness (QED) is 0.619. The summed E-state index contributed by atoms with van der Waals surface area (Å²) >= 11 is 2.92. The molecule has 0 aliphatic rings. The molecule has 1 aromatic rings. The Hall–Kier alpha value is -0.620. The van der Waals surface area contributed by atoms with E-state index >= 15 is 0 Å².